The number of benzene rings is 2. The Morgan fingerprint density at radius 1 is 1.00 bits per heavy atom. The number of nitrogens with one attached hydrogen (secondary N) is 2. The van der Waals surface area contributed by atoms with Crippen molar-refractivity contribution >= 4 is 40.2 Å². The van der Waals surface area contributed by atoms with Gasteiger partial charge in [0.05, 0.1) is 12.2 Å². The van der Waals surface area contributed by atoms with E-state index in [9.17, 15) is 4.79 Å². The molecule has 0 saturated heterocycles. The van der Waals surface area contributed by atoms with E-state index in [0.29, 0.717) is 16.8 Å². The summed E-state index contributed by atoms with van der Waals surface area (Å²) in [5.41, 5.74) is 1.93. The van der Waals surface area contributed by atoms with E-state index in [1.807, 2.05) is 42.5 Å². The maximum absolute atomic E-state index is 12.4. The molecule has 2 heterocycles. The van der Waals surface area contributed by atoms with Gasteiger partial charge >= 0.3 is 5.63 Å². The number of halogens is 1. The van der Waals surface area contributed by atoms with Crippen LogP contribution in [0.15, 0.2) is 63.8 Å². The first-order valence-electron chi connectivity index (χ1n) is 8.79. The lowest BCUT2D eigenvalue weighted by atomic mass is 10.1. The predicted molar refractivity (Wildman–Crippen MR) is 112 cm³/mol. The molecule has 9 heteroatoms. The van der Waals surface area contributed by atoms with Gasteiger partial charge in [0.15, 0.2) is 0 Å². The van der Waals surface area contributed by atoms with Gasteiger partial charge in [0.25, 0.3) is 0 Å². The first kappa shape index (κ1) is 18.9. The van der Waals surface area contributed by atoms with Gasteiger partial charge in [-0.25, -0.2) is 4.79 Å². The number of aliphatic hydroxyl groups excluding tert-OH is 1. The Balaban J connectivity index is 1.65. The first-order chi connectivity index (χ1) is 14.1. The van der Waals surface area contributed by atoms with Crippen molar-refractivity contribution in [3.05, 3.63) is 70.3 Å². The second-order valence-electron chi connectivity index (χ2n) is 6.09. The van der Waals surface area contributed by atoms with E-state index in [4.69, 9.17) is 21.1 Å². The average Bonchev–Trinajstić information content (AvgIpc) is 2.72. The lowest BCUT2D eigenvalue weighted by Gasteiger charge is -2.09. The Morgan fingerprint density at radius 2 is 1.79 bits per heavy atom. The molecule has 146 valence electrons. The van der Waals surface area contributed by atoms with Crippen molar-refractivity contribution in [1.82, 2.24) is 15.0 Å². The van der Waals surface area contributed by atoms with E-state index >= 15 is 0 Å². The highest BCUT2D eigenvalue weighted by Gasteiger charge is 2.10. The number of aliphatic hydroxyl groups is 1. The summed E-state index contributed by atoms with van der Waals surface area (Å²) < 4.78 is 5.51. The minimum atomic E-state index is -0.417. The number of hydrogen-bond acceptors (Lipinski definition) is 8. The van der Waals surface area contributed by atoms with Gasteiger partial charge in [-0.15, -0.1) is 0 Å². The van der Waals surface area contributed by atoms with Crippen LogP contribution in [0.5, 0.6) is 0 Å². The van der Waals surface area contributed by atoms with Crippen molar-refractivity contribution < 1.29 is 9.52 Å². The summed E-state index contributed by atoms with van der Waals surface area (Å²) in [6, 6.07) is 16.5. The van der Waals surface area contributed by atoms with Gasteiger partial charge < -0.3 is 20.2 Å². The normalized spacial score (nSPS) is 10.8. The van der Waals surface area contributed by atoms with E-state index in [-0.39, 0.29) is 30.3 Å². The summed E-state index contributed by atoms with van der Waals surface area (Å²) in [7, 11) is 0. The average molecular weight is 410 g/mol. The summed E-state index contributed by atoms with van der Waals surface area (Å²) in [5.74, 6) is 0.453. The maximum atomic E-state index is 12.4. The molecule has 0 radical (unpaired) electrons. The summed E-state index contributed by atoms with van der Waals surface area (Å²) >= 11 is 5.92. The SMILES string of the molecule is O=c1oc2cc(Nc3nc(Cl)nc(NCCO)n3)ccc2cc1-c1ccccc1. The molecular weight excluding hydrogens is 394 g/mol. The molecule has 8 nitrogen and oxygen atoms in total. The van der Waals surface area contributed by atoms with Crippen LogP contribution < -0.4 is 16.3 Å². The second-order valence-corrected chi connectivity index (χ2v) is 6.43. The Bertz CT molecular complexity index is 1210. The highest BCUT2D eigenvalue weighted by atomic mass is 35.5. The smallest absolute Gasteiger partial charge is 0.344 e. The van der Waals surface area contributed by atoms with E-state index < -0.39 is 5.63 Å². The van der Waals surface area contributed by atoms with Crippen molar-refractivity contribution in [2.45, 2.75) is 0 Å². The van der Waals surface area contributed by atoms with Crippen LogP contribution in [-0.4, -0.2) is 33.2 Å². The van der Waals surface area contributed by atoms with Crippen LogP contribution in [0.4, 0.5) is 17.6 Å². The lowest BCUT2D eigenvalue weighted by molar-refractivity contribution is 0.311. The molecule has 29 heavy (non-hydrogen) atoms. The van der Waals surface area contributed by atoms with Crippen LogP contribution in [0.1, 0.15) is 0 Å². The Kier molecular flexibility index (Phi) is 5.37. The molecule has 0 amide bonds. The summed E-state index contributed by atoms with van der Waals surface area (Å²) in [6.07, 6.45) is 0. The molecule has 0 unspecified atom stereocenters. The van der Waals surface area contributed by atoms with E-state index in [2.05, 4.69) is 25.6 Å². The first-order valence-corrected chi connectivity index (χ1v) is 9.17. The molecule has 0 saturated carbocycles. The van der Waals surface area contributed by atoms with Crippen LogP contribution in [0.2, 0.25) is 5.28 Å². The van der Waals surface area contributed by atoms with Gasteiger partial charge in [-0.3, -0.25) is 0 Å². The number of rotatable bonds is 6. The molecule has 0 aliphatic carbocycles. The van der Waals surface area contributed by atoms with Crippen LogP contribution in [0.25, 0.3) is 22.1 Å². The van der Waals surface area contributed by atoms with Crippen molar-refractivity contribution in [2.75, 3.05) is 23.8 Å². The Labute approximate surface area is 170 Å². The fourth-order valence-electron chi connectivity index (χ4n) is 2.79. The Morgan fingerprint density at radius 3 is 2.59 bits per heavy atom. The van der Waals surface area contributed by atoms with Crippen molar-refractivity contribution in [2.24, 2.45) is 0 Å². The molecule has 0 spiro atoms. The van der Waals surface area contributed by atoms with Crippen LogP contribution in [0.3, 0.4) is 0 Å². The quantitative estimate of drug-likeness (QED) is 0.415. The molecule has 0 atom stereocenters. The van der Waals surface area contributed by atoms with Gasteiger partial charge in [-0.2, -0.15) is 15.0 Å². The molecule has 4 aromatic rings. The minimum absolute atomic E-state index is 0.00256. The number of anilines is 3. The molecule has 2 aromatic carbocycles. The fraction of sp³-hybridized carbons (Fsp3) is 0.100. The van der Waals surface area contributed by atoms with Crippen LogP contribution in [-0.2, 0) is 0 Å². The van der Waals surface area contributed by atoms with Gasteiger partial charge in [0, 0.05) is 23.7 Å². The standard InChI is InChI=1S/C20H16ClN5O3/c21-18-24-19(22-8-9-27)26-20(25-18)23-14-7-6-13-10-15(12-4-2-1-3-5-12)17(28)29-16(13)11-14/h1-7,10-11,27H,8-9H2,(H2,22,23,24,25,26). The molecule has 4 rings (SSSR count). The fourth-order valence-corrected chi connectivity index (χ4v) is 2.95. The Hall–Kier alpha value is -3.49. The zero-order valence-corrected chi connectivity index (χ0v) is 15.8. The maximum Gasteiger partial charge on any atom is 0.344 e. The van der Waals surface area contributed by atoms with E-state index in [0.717, 1.165) is 10.9 Å². The number of aromatic nitrogens is 3. The second kappa shape index (κ2) is 8.26. The highest BCUT2D eigenvalue weighted by Crippen LogP contribution is 2.24. The van der Waals surface area contributed by atoms with Gasteiger partial charge in [-0.05, 0) is 35.4 Å². The predicted octanol–water partition coefficient (Wildman–Crippen LogP) is 3.45. The third-order valence-corrected chi connectivity index (χ3v) is 4.25. The summed E-state index contributed by atoms with van der Waals surface area (Å²) in [5, 5.41) is 15.5. The third-order valence-electron chi connectivity index (χ3n) is 4.08. The van der Waals surface area contributed by atoms with Crippen molar-refractivity contribution in [1.29, 1.82) is 0 Å². The number of nitrogens with zero attached hydrogens (tertiary/aromatic N) is 3. The largest absolute Gasteiger partial charge is 0.422 e. The molecule has 0 aliphatic heterocycles. The monoisotopic (exact) mass is 409 g/mol. The number of hydrogen-bond donors (Lipinski definition) is 3. The van der Waals surface area contributed by atoms with Gasteiger partial charge in [0.1, 0.15) is 5.58 Å². The van der Waals surface area contributed by atoms with Crippen molar-refractivity contribution in [3.63, 3.8) is 0 Å². The van der Waals surface area contributed by atoms with Crippen LogP contribution in [0, 0.1) is 0 Å². The van der Waals surface area contributed by atoms with E-state index in [1.54, 1.807) is 12.1 Å². The van der Waals surface area contributed by atoms with Crippen LogP contribution >= 0.6 is 11.6 Å². The zero-order chi connectivity index (χ0) is 20.2. The zero-order valence-electron chi connectivity index (χ0n) is 15.1. The van der Waals surface area contributed by atoms with Gasteiger partial charge in [-0.1, -0.05) is 30.3 Å². The number of fused-ring (bicyclic) bond motifs is 1. The summed E-state index contributed by atoms with van der Waals surface area (Å²) in [4.78, 5) is 24.6. The van der Waals surface area contributed by atoms with Crippen molar-refractivity contribution in [3.8, 4) is 11.1 Å². The third kappa shape index (κ3) is 4.34. The topological polar surface area (TPSA) is 113 Å². The molecule has 0 aliphatic rings. The minimum Gasteiger partial charge on any atom is -0.422 e. The molecule has 0 fully saturated rings. The highest BCUT2D eigenvalue weighted by molar-refractivity contribution is 6.28. The molecule has 2 aromatic heterocycles. The molecular formula is C20H16ClN5O3. The lowest BCUT2D eigenvalue weighted by Crippen LogP contribution is -2.10. The van der Waals surface area contributed by atoms with Gasteiger partial charge in [0.2, 0.25) is 17.2 Å². The van der Waals surface area contributed by atoms with E-state index in [1.165, 1.54) is 0 Å². The summed E-state index contributed by atoms with van der Waals surface area (Å²) in [6.45, 7) is 0.214. The molecule has 3 N–H and O–H groups in total. The molecule has 0 bridgehead atoms.